The number of nitrogens with two attached hydrogens (primary N) is 1. The molecular weight excluding hydrogens is 459 g/mol. The zero-order valence-corrected chi connectivity index (χ0v) is 22.7. The molecule has 4 nitrogen and oxygen atoms in total. The van der Waals surface area contributed by atoms with E-state index in [1.54, 1.807) is 12.4 Å². The lowest BCUT2D eigenvalue weighted by Gasteiger charge is -2.20. The van der Waals surface area contributed by atoms with Crippen LogP contribution in [0, 0.1) is 0 Å². The maximum Gasteiger partial charge on any atom is 0.119 e. The first-order valence-electron chi connectivity index (χ1n) is 13.0. The zero-order valence-electron chi connectivity index (χ0n) is 22.7. The first-order chi connectivity index (χ1) is 17.8. The molecule has 4 rings (SSSR count). The molecule has 198 valence electrons. The van der Waals surface area contributed by atoms with Gasteiger partial charge in [0.2, 0.25) is 0 Å². The summed E-state index contributed by atoms with van der Waals surface area (Å²) in [6.07, 6.45) is 6.41. The summed E-state index contributed by atoms with van der Waals surface area (Å²) >= 11 is 0. The number of benzene rings is 2. The third-order valence-corrected chi connectivity index (χ3v) is 6.21. The van der Waals surface area contributed by atoms with Gasteiger partial charge in [-0.05, 0) is 79.6 Å². The number of aromatic nitrogens is 1. The molecule has 0 spiro atoms. The van der Waals surface area contributed by atoms with E-state index in [9.17, 15) is 4.39 Å². The van der Waals surface area contributed by atoms with Gasteiger partial charge in [0.25, 0.3) is 0 Å². The van der Waals surface area contributed by atoms with Crippen LogP contribution >= 0.6 is 0 Å². The Balaban J connectivity index is 0.000000221. The molecule has 1 aliphatic heterocycles. The van der Waals surface area contributed by atoms with Crippen molar-refractivity contribution in [3.63, 3.8) is 0 Å². The Morgan fingerprint density at radius 2 is 1.62 bits per heavy atom. The highest BCUT2D eigenvalue weighted by Crippen LogP contribution is 2.20. The largest absolute Gasteiger partial charge is 0.392 e. The maximum absolute atomic E-state index is 13.0. The number of likely N-dealkylation sites (tertiary alicyclic amines) is 1. The third-order valence-electron chi connectivity index (χ3n) is 6.21. The summed E-state index contributed by atoms with van der Waals surface area (Å²) < 4.78 is 13.0. The van der Waals surface area contributed by atoms with E-state index in [2.05, 4.69) is 76.9 Å². The van der Waals surface area contributed by atoms with E-state index in [0.29, 0.717) is 13.0 Å². The summed E-state index contributed by atoms with van der Waals surface area (Å²) in [6.45, 7) is 12.9. The van der Waals surface area contributed by atoms with Gasteiger partial charge in [0.05, 0.1) is 0 Å². The van der Waals surface area contributed by atoms with E-state index in [-0.39, 0.29) is 6.04 Å². The molecule has 0 bridgehead atoms. The van der Waals surface area contributed by atoms with Gasteiger partial charge >= 0.3 is 0 Å². The Bertz CT molecular complexity index is 1050. The van der Waals surface area contributed by atoms with Gasteiger partial charge in [0, 0.05) is 44.3 Å². The van der Waals surface area contributed by atoms with Gasteiger partial charge in [0.1, 0.15) is 6.17 Å². The second-order valence-corrected chi connectivity index (χ2v) is 9.48. The molecule has 0 amide bonds. The molecule has 2 aromatic carbocycles. The van der Waals surface area contributed by atoms with E-state index in [4.69, 9.17) is 5.73 Å². The van der Waals surface area contributed by atoms with E-state index in [1.807, 2.05) is 39.1 Å². The molecule has 0 saturated carbocycles. The van der Waals surface area contributed by atoms with Crippen LogP contribution in [0.4, 0.5) is 4.39 Å². The van der Waals surface area contributed by atoms with Crippen LogP contribution in [0.5, 0.6) is 0 Å². The van der Waals surface area contributed by atoms with Gasteiger partial charge in [-0.1, -0.05) is 67.8 Å². The third kappa shape index (κ3) is 11.9. The summed E-state index contributed by atoms with van der Waals surface area (Å²) in [5, 5.41) is 2.83. The highest BCUT2D eigenvalue weighted by molar-refractivity contribution is 5.29. The molecule has 1 aliphatic rings. The molecule has 3 aromatic rings. The van der Waals surface area contributed by atoms with E-state index in [0.717, 1.165) is 37.2 Å². The minimum atomic E-state index is -0.669. The Kier molecular flexibility index (Phi) is 13.1. The predicted molar refractivity (Wildman–Crippen MR) is 155 cm³/mol. The Morgan fingerprint density at radius 3 is 2.14 bits per heavy atom. The number of nitrogens with zero attached hydrogens (tertiary/aromatic N) is 2. The normalized spacial score (nSPS) is 14.9. The first-order valence-corrected chi connectivity index (χ1v) is 13.0. The van der Waals surface area contributed by atoms with E-state index < -0.39 is 6.17 Å². The molecule has 37 heavy (non-hydrogen) atoms. The van der Waals surface area contributed by atoms with Gasteiger partial charge in [-0.2, -0.15) is 0 Å². The topological polar surface area (TPSA) is 54.2 Å². The molecule has 1 aromatic heterocycles. The summed E-state index contributed by atoms with van der Waals surface area (Å²) in [5.74, 6) is 0. The number of hydrogen-bond donors (Lipinski definition) is 2. The molecular formula is C32H43FN4. The minimum Gasteiger partial charge on any atom is -0.392 e. The lowest BCUT2D eigenvalue weighted by Crippen LogP contribution is -2.20. The van der Waals surface area contributed by atoms with Crippen LogP contribution in [-0.4, -0.2) is 36.2 Å². The van der Waals surface area contributed by atoms with Crippen molar-refractivity contribution in [1.82, 2.24) is 15.2 Å². The highest BCUT2D eigenvalue weighted by Gasteiger charge is 2.22. The van der Waals surface area contributed by atoms with Crippen molar-refractivity contribution in [2.24, 2.45) is 5.73 Å². The van der Waals surface area contributed by atoms with Crippen LogP contribution in [0.3, 0.4) is 0 Å². The van der Waals surface area contributed by atoms with Gasteiger partial charge in [0.15, 0.2) is 0 Å². The molecule has 0 aliphatic carbocycles. The fourth-order valence-corrected chi connectivity index (χ4v) is 3.77. The SMILES string of the molecule is C=C(C)NC.C=C(CCc1ccncc1)N1CCC(F)C1.CC(N)c1ccc(Cc2ccccc2)cc1. The second kappa shape index (κ2) is 16.3. The second-order valence-electron chi connectivity index (χ2n) is 9.48. The average molecular weight is 503 g/mol. The van der Waals surface area contributed by atoms with Crippen LogP contribution < -0.4 is 11.1 Å². The number of halogens is 1. The van der Waals surface area contributed by atoms with Crippen molar-refractivity contribution in [2.75, 3.05) is 20.1 Å². The van der Waals surface area contributed by atoms with Crippen molar-refractivity contribution in [3.05, 3.63) is 126 Å². The molecule has 3 N–H and O–H groups in total. The van der Waals surface area contributed by atoms with E-state index in [1.165, 1.54) is 22.3 Å². The molecule has 0 radical (unpaired) electrons. The van der Waals surface area contributed by atoms with Crippen molar-refractivity contribution < 1.29 is 4.39 Å². The molecule has 1 fully saturated rings. The number of allylic oxidation sites excluding steroid dienone is 2. The number of rotatable bonds is 8. The Hall–Kier alpha value is -3.44. The lowest BCUT2D eigenvalue weighted by atomic mass is 10.0. The molecule has 2 atom stereocenters. The van der Waals surface area contributed by atoms with Crippen LogP contribution in [0.15, 0.2) is 104 Å². The molecule has 5 heteroatoms. The summed E-state index contributed by atoms with van der Waals surface area (Å²) in [5.41, 5.74) is 13.0. The molecule has 2 unspecified atom stereocenters. The molecule has 1 saturated heterocycles. The smallest absolute Gasteiger partial charge is 0.119 e. The summed E-state index contributed by atoms with van der Waals surface area (Å²) in [6, 6.07) is 23.2. The number of pyridine rings is 1. The average Bonchev–Trinajstić information content (AvgIpc) is 3.36. The number of alkyl halides is 1. The number of hydrogen-bond acceptors (Lipinski definition) is 4. The fraction of sp³-hybridized carbons (Fsp3) is 0.344. The lowest BCUT2D eigenvalue weighted by molar-refractivity contribution is 0.320. The number of nitrogens with one attached hydrogen (secondary N) is 1. The quantitative estimate of drug-likeness (QED) is 0.364. The van der Waals surface area contributed by atoms with Gasteiger partial charge in [-0.15, -0.1) is 0 Å². The summed E-state index contributed by atoms with van der Waals surface area (Å²) in [4.78, 5) is 6.04. The van der Waals surface area contributed by atoms with Crippen molar-refractivity contribution in [1.29, 1.82) is 0 Å². The minimum absolute atomic E-state index is 0.116. The fourth-order valence-electron chi connectivity index (χ4n) is 3.77. The van der Waals surface area contributed by atoms with Crippen LogP contribution in [0.1, 0.15) is 55.0 Å². The van der Waals surface area contributed by atoms with E-state index >= 15 is 0 Å². The number of aryl methyl sites for hydroxylation is 1. The highest BCUT2D eigenvalue weighted by atomic mass is 19.1. The standard InChI is InChI=1S/C15H17N.C13H17FN2.C4H9N/c1-12(16)15-9-7-14(8-10-15)11-13-5-3-2-4-6-13;1-11(16-9-6-13(14)10-16)2-3-12-4-7-15-8-5-12;1-4(2)5-3/h2-10,12H,11,16H2,1H3;4-5,7-8,13H,1-3,6,9-10H2;5H,1H2,2-3H3. The Labute approximate surface area is 223 Å². The first kappa shape index (κ1) is 29.8. The zero-order chi connectivity index (χ0) is 27.0. The van der Waals surface area contributed by atoms with Crippen LogP contribution in [0.2, 0.25) is 0 Å². The Morgan fingerprint density at radius 1 is 1.03 bits per heavy atom. The van der Waals surface area contributed by atoms with Gasteiger partial charge < -0.3 is 16.0 Å². The maximum atomic E-state index is 13.0. The van der Waals surface area contributed by atoms with Gasteiger partial charge in [-0.3, -0.25) is 4.98 Å². The predicted octanol–water partition coefficient (Wildman–Crippen LogP) is 6.61. The van der Waals surface area contributed by atoms with Crippen molar-refractivity contribution in [2.45, 2.75) is 51.7 Å². The van der Waals surface area contributed by atoms with Gasteiger partial charge in [-0.25, -0.2) is 4.39 Å². The molecule has 2 heterocycles. The van der Waals surface area contributed by atoms with Crippen LogP contribution in [-0.2, 0) is 12.8 Å². The van der Waals surface area contributed by atoms with Crippen molar-refractivity contribution >= 4 is 0 Å². The summed E-state index contributed by atoms with van der Waals surface area (Å²) in [7, 11) is 1.85. The van der Waals surface area contributed by atoms with Crippen molar-refractivity contribution in [3.8, 4) is 0 Å². The van der Waals surface area contributed by atoms with Crippen LogP contribution in [0.25, 0.3) is 0 Å². The monoisotopic (exact) mass is 502 g/mol.